The quantitative estimate of drug-likeness (QED) is 0.356. The Bertz CT molecular complexity index is 216. The van der Waals surface area contributed by atoms with Crippen LogP contribution >= 0.6 is 0 Å². The van der Waals surface area contributed by atoms with E-state index in [4.69, 9.17) is 29.7 Å². The summed E-state index contributed by atoms with van der Waals surface area (Å²) in [5, 5.41) is 27.4. The molecular formula is C9H9AuO6. The monoisotopic (exact) mass is 410 g/mol. The average Bonchev–Trinajstić information content (AvgIpc) is 2.19. The van der Waals surface area contributed by atoms with Gasteiger partial charge < -0.3 is 29.7 Å². The van der Waals surface area contributed by atoms with Crippen molar-refractivity contribution in [2.24, 2.45) is 0 Å². The molecule has 0 radical (unpaired) electrons. The maximum absolute atomic E-state index is 9.14. The predicted octanol–water partition coefficient (Wildman–Crippen LogP) is -3.24. The summed E-state index contributed by atoms with van der Waals surface area (Å²) < 4.78 is 0. The van der Waals surface area contributed by atoms with Crippen molar-refractivity contribution in [2.75, 3.05) is 0 Å². The molecule has 0 N–H and O–H groups in total. The van der Waals surface area contributed by atoms with E-state index in [0.29, 0.717) is 0 Å². The van der Waals surface area contributed by atoms with Gasteiger partial charge in [-0.1, -0.05) is 19.7 Å². The minimum Gasteiger partial charge on any atom is -0.545 e. The molecule has 0 saturated carbocycles. The summed E-state index contributed by atoms with van der Waals surface area (Å²) in [6.07, 6.45) is 2.17. The molecule has 0 saturated heterocycles. The molecule has 0 rings (SSSR count). The molecule has 0 aliphatic heterocycles. The first-order valence-corrected chi connectivity index (χ1v) is 3.32. The van der Waals surface area contributed by atoms with Gasteiger partial charge in [0.25, 0.3) is 0 Å². The van der Waals surface area contributed by atoms with Crippen molar-refractivity contribution >= 4 is 17.9 Å². The van der Waals surface area contributed by atoms with E-state index < -0.39 is 17.9 Å². The van der Waals surface area contributed by atoms with Crippen LogP contribution in [0.3, 0.4) is 0 Å². The molecule has 0 bridgehead atoms. The molecule has 0 aromatic rings. The van der Waals surface area contributed by atoms with Crippen LogP contribution < -0.4 is 15.3 Å². The smallest absolute Gasteiger partial charge is 0.545 e. The number of carbonyl (C=O) groups excluding carboxylic acids is 3. The Morgan fingerprint density at radius 1 is 0.688 bits per heavy atom. The summed E-state index contributed by atoms with van der Waals surface area (Å²) in [7, 11) is 0. The summed E-state index contributed by atoms with van der Waals surface area (Å²) in [5.41, 5.74) is 0. The fourth-order valence-corrected chi connectivity index (χ4v) is 0. The van der Waals surface area contributed by atoms with Gasteiger partial charge in [0.1, 0.15) is 0 Å². The number of hydrogen-bond acceptors (Lipinski definition) is 6. The maximum atomic E-state index is 9.14. The number of aliphatic carboxylic acids is 3. The first kappa shape index (κ1) is 23.9. The van der Waals surface area contributed by atoms with Crippen molar-refractivity contribution in [2.45, 2.75) is 0 Å². The van der Waals surface area contributed by atoms with Crippen molar-refractivity contribution in [3.63, 3.8) is 0 Å². The zero-order valence-corrected chi connectivity index (χ0v) is 10.3. The molecule has 92 valence electrons. The van der Waals surface area contributed by atoms with Crippen molar-refractivity contribution in [1.82, 2.24) is 0 Å². The Balaban J connectivity index is -0.0000000655. The summed E-state index contributed by atoms with van der Waals surface area (Å²) in [5.74, 6) is -3.69. The first-order valence-electron chi connectivity index (χ1n) is 3.32. The fourth-order valence-electron chi connectivity index (χ4n) is 0. The molecule has 0 amide bonds. The minimum atomic E-state index is -1.23. The van der Waals surface area contributed by atoms with Gasteiger partial charge in [-0.05, 0) is 18.2 Å². The summed E-state index contributed by atoms with van der Waals surface area (Å²) >= 11 is 0. The van der Waals surface area contributed by atoms with E-state index in [9.17, 15) is 0 Å². The molecule has 0 aliphatic rings. The summed E-state index contributed by atoms with van der Waals surface area (Å²) in [6.45, 7) is 8.69. The average molecular weight is 410 g/mol. The van der Waals surface area contributed by atoms with E-state index >= 15 is 0 Å². The molecule has 0 unspecified atom stereocenters. The Morgan fingerprint density at radius 2 is 0.750 bits per heavy atom. The Hall–Kier alpha value is -1.63. The summed E-state index contributed by atoms with van der Waals surface area (Å²) in [4.78, 5) is 27.4. The van der Waals surface area contributed by atoms with Gasteiger partial charge in [-0.25, -0.2) is 0 Å². The predicted molar refractivity (Wildman–Crippen MR) is 45.6 cm³/mol. The van der Waals surface area contributed by atoms with Crippen molar-refractivity contribution < 1.29 is 52.1 Å². The first-order chi connectivity index (χ1) is 6.81. The molecule has 0 aromatic carbocycles. The van der Waals surface area contributed by atoms with Gasteiger partial charge in [0.05, 0.1) is 17.9 Å². The molecular weight excluding hydrogens is 401 g/mol. The normalized spacial score (nSPS) is 6.00. The number of carboxylic acid groups (broad SMARTS) is 3. The number of carbonyl (C=O) groups is 3. The van der Waals surface area contributed by atoms with E-state index in [2.05, 4.69) is 19.7 Å². The van der Waals surface area contributed by atoms with Gasteiger partial charge in [0.15, 0.2) is 0 Å². The van der Waals surface area contributed by atoms with E-state index in [1.54, 1.807) is 0 Å². The van der Waals surface area contributed by atoms with Gasteiger partial charge in [-0.3, -0.25) is 0 Å². The topological polar surface area (TPSA) is 120 Å². The van der Waals surface area contributed by atoms with Crippen LogP contribution in [0.15, 0.2) is 38.0 Å². The number of hydrogen-bond donors (Lipinski definition) is 0. The third-order valence-corrected chi connectivity index (χ3v) is 0.500. The van der Waals surface area contributed by atoms with Crippen LogP contribution in [-0.2, 0) is 36.8 Å². The molecule has 16 heavy (non-hydrogen) atoms. The molecule has 0 aliphatic carbocycles. The maximum Gasteiger partial charge on any atom is 3.00 e. The second-order valence-corrected chi connectivity index (χ2v) is 1.57. The van der Waals surface area contributed by atoms with Crippen LogP contribution in [0.4, 0.5) is 0 Å². The Morgan fingerprint density at radius 3 is 0.750 bits per heavy atom. The van der Waals surface area contributed by atoms with E-state index in [0.717, 1.165) is 18.2 Å². The zero-order chi connectivity index (χ0) is 12.9. The Kier molecular flexibility index (Phi) is 28.4. The zero-order valence-electron chi connectivity index (χ0n) is 8.10. The van der Waals surface area contributed by atoms with Gasteiger partial charge in [0.2, 0.25) is 0 Å². The third-order valence-electron chi connectivity index (χ3n) is 0.500. The molecule has 7 heteroatoms. The van der Waals surface area contributed by atoms with Crippen LogP contribution in [0.2, 0.25) is 0 Å². The standard InChI is InChI=1S/3C3H4O2.Au/c3*1-2-3(4)5;/h3*2H,1H2,(H,4,5);/q;;;+3/p-3. The van der Waals surface area contributed by atoms with E-state index in [1.807, 2.05) is 0 Å². The molecule has 6 nitrogen and oxygen atoms in total. The SMILES string of the molecule is C=CC(=O)[O-].C=CC(=O)[O-].C=CC(=O)[O-].[Au+3]. The van der Waals surface area contributed by atoms with Crippen LogP contribution in [0, 0.1) is 0 Å². The van der Waals surface area contributed by atoms with Gasteiger partial charge >= 0.3 is 22.4 Å². The second kappa shape index (κ2) is 19.0. The molecule has 0 aromatic heterocycles. The largest absolute Gasteiger partial charge is 3.00 e. The van der Waals surface area contributed by atoms with Crippen molar-refractivity contribution in [3.8, 4) is 0 Å². The minimum absolute atomic E-state index is 0. The van der Waals surface area contributed by atoms with Gasteiger partial charge in [0, 0.05) is 0 Å². The van der Waals surface area contributed by atoms with E-state index in [1.165, 1.54) is 0 Å². The van der Waals surface area contributed by atoms with Crippen LogP contribution in [0.1, 0.15) is 0 Å². The van der Waals surface area contributed by atoms with Crippen LogP contribution in [0.5, 0.6) is 0 Å². The van der Waals surface area contributed by atoms with E-state index in [-0.39, 0.29) is 22.4 Å². The van der Waals surface area contributed by atoms with Crippen LogP contribution in [0.25, 0.3) is 0 Å². The summed E-state index contributed by atoms with van der Waals surface area (Å²) in [6, 6.07) is 0. The third kappa shape index (κ3) is 83.7. The fraction of sp³-hybridized carbons (Fsp3) is 0. The molecule has 0 fully saturated rings. The molecule has 0 heterocycles. The van der Waals surface area contributed by atoms with Gasteiger partial charge in [-0.2, -0.15) is 0 Å². The van der Waals surface area contributed by atoms with Gasteiger partial charge in [-0.15, -0.1) is 0 Å². The molecule has 0 spiro atoms. The van der Waals surface area contributed by atoms with Crippen molar-refractivity contribution in [3.05, 3.63) is 38.0 Å². The second-order valence-electron chi connectivity index (χ2n) is 1.57. The number of rotatable bonds is 3. The van der Waals surface area contributed by atoms with Crippen molar-refractivity contribution in [1.29, 1.82) is 0 Å². The number of carboxylic acids is 3. The Labute approximate surface area is 108 Å². The van der Waals surface area contributed by atoms with Crippen LogP contribution in [-0.4, -0.2) is 17.9 Å². The molecule has 0 atom stereocenters.